The van der Waals surface area contributed by atoms with Gasteiger partial charge in [0, 0.05) is 5.88 Å². The van der Waals surface area contributed by atoms with Gasteiger partial charge in [-0.2, -0.15) is 13.2 Å². The number of hydrogen-bond acceptors (Lipinski definition) is 1. The van der Waals surface area contributed by atoms with E-state index in [2.05, 4.69) is 0 Å². The van der Waals surface area contributed by atoms with Crippen molar-refractivity contribution >= 4 is 11.6 Å². The molecule has 0 saturated heterocycles. The van der Waals surface area contributed by atoms with Gasteiger partial charge in [-0.15, -0.1) is 11.6 Å². The molecule has 2 aromatic carbocycles. The van der Waals surface area contributed by atoms with Crippen LogP contribution in [0, 0.1) is 0 Å². The van der Waals surface area contributed by atoms with E-state index in [4.69, 9.17) is 16.3 Å². The highest BCUT2D eigenvalue weighted by atomic mass is 35.5. The molecule has 5 heteroatoms. The summed E-state index contributed by atoms with van der Waals surface area (Å²) >= 11 is 5.69. The Morgan fingerprint density at radius 1 is 1.00 bits per heavy atom. The van der Waals surface area contributed by atoms with Gasteiger partial charge >= 0.3 is 6.18 Å². The van der Waals surface area contributed by atoms with Crippen LogP contribution in [0.2, 0.25) is 0 Å². The van der Waals surface area contributed by atoms with Gasteiger partial charge in [0.25, 0.3) is 0 Å². The highest BCUT2D eigenvalue weighted by Gasteiger charge is 2.30. The van der Waals surface area contributed by atoms with Crippen LogP contribution < -0.4 is 4.74 Å². The van der Waals surface area contributed by atoms with Gasteiger partial charge in [-0.3, -0.25) is 0 Å². The van der Waals surface area contributed by atoms with E-state index >= 15 is 0 Å². The fourth-order valence-corrected chi connectivity index (χ4v) is 1.98. The molecule has 0 heterocycles. The average molecular weight is 301 g/mol. The average Bonchev–Trinajstić information content (AvgIpc) is 2.41. The number of ether oxygens (including phenoxy) is 1. The van der Waals surface area contributed by atoms with Crippen molar-refractivity contribution in [2.45, 2.75) is 12.6 Å². The fraction of sp³-hybridized carbons (Fsp3) is 0.200. The van der Waals surface area contributed by atoms with Gasteiger partial charge in [0.1, 0.15) is 11.5 Å². The van der Waals surface area contributed by atoms with E-state index in [9.17, 15) is 13.2 Å². The predicted octanol–water partition coefficient (Wildman–Crippen LogP) is 5.28. The van der Waals surface area contributed by atoms with Gasteiger partial charge in [-0.05, 0) is 36.2 Å². The van der Waals surface area contributed by atoms with Gasteiger partial charge in [-0.1, -0.05) is 24.3 Å². The molecule has 0 radical (unpaired) electrons. The Morgan fingerprint density at radius 3 is 2.45 bits per heavy atom. The standard InChI is InChI=1S/C15H12ClF3O/c16-9-8-11-4-1-2-7-14(11)20-13-6-3-5-12(10-13)15(17,18)19/h1-7,10H,8-9H2. The first-order chi connectivity index (χ1) is 9.50. The Balaban J connectivity index is 2.26. The normalized spacial score (nSPS) is 11.4. The van der Waals surface area contributed by atoms with Crippen molar-refractivity contribution in [1.82, 2.24) is 0 Å². The molecule has 0 aliphatic carbocycles. The highest BCUT2D eigenvalue weighted by Crippen LogP contribution is 2.33. The zero-order chi connectivity index (χ0) is 14.6. The molecule has 0 atom stereocenters. The number of rotatable bonds is 4. The largest absolute Gasteiger partial charge is 0.457 e. The van der Waals surface area contributed by atoms with Crippen molar-refractivity contribution in [1.29, 1.82) is 0 Å². The lowest BCUT2D eigenvalue weighted by Gasteiger charge is -2.12. The van der Waals surface area contributed by atoms with Crippen LogP contribution in [0.1, 0.15) is 11.1 Å². The molecule has 0 spiro atoms. The molecule has 2 rings (SSSR count). The van der Waals surface area contributed by atoms with Crippen molar-refractivity contribution in [2.24, 2.45) is 0 Å². The van der Waals surface area contributed by atoms with E-state index in [0.717, 1.165) is 17.7 Å². The van der Waals surface area contributed by atoms with Crippen LogP contribution in [0.5, 0.6) is 11.5 Å². The molecule has 0 amide bonds. The SMILES string of the molecule is FC(F)(F)c1cccc(Oc2ccccc2CCCl)c1. The molecule has 0 bridgehead atoms. The molecule has 106 valence electrons. The van der Waals surface area contributed by atoms with Crippen LogP contribution in [-0.2, 0) is 12.6 Å². The van der Waals surface area contributed by atoms with Crippen LogP contribution in [0.25, 0.3) is 0 Å². The molecule has 0 unspecified atom stereocenters. The van der Waals surface area contributed by atoms with Gasteiger partial charge in [0.15, 0.2) is 0 Å². The second-order valence-electron chi connectivity index (χ2n) is 4.17. The van der Waals surface area contributed by atoms with Gasteiger partial charge in [0.05, 0.1) is 5.56 Å². The maximum Gasteiger partial charge on any atom is 0.416 e. The summed E-state index contributed by atoms with van der Waals surface area (Å²) in [5.74, 6) is 1.09. The number of para-hydroxylation sites is 1. The van der Waals surface area contributed by atoms with Crippen LogP contribution in [0.4, 0.5) is 13.2 Å². The lowest BCUT2D eigenvalue weighted by atomic mass is 10.1. The number of benzene rings is 2. The minimum Gasteiger partial charge on any atom is -0.457 e. The highest BCUT2D eigenvalue weighted by molar-refractivity contribution is 6.18. The molecule has 20 heavy (non-hydrogen) atoms. The molecular weight excluding hydrogens is 289 g/mol. The van der Waals surface area contributed by atoms with Crippen molar-refractivity contribution in [2.75, 3.05) is 5.88 Å². The van der Waals surface area contributed by atoms with Crippen molar-refractivity contribution < 1.29 is 17.9 Å². The lowest BCUT2D eigenvalue weighted by Crippen LogP contribution is -2.04. The molecule has 0 aliphatic heterocycles. The van der Waals surface area contributed by atoms with Crippen LogP contribution in [-0.4, -0.2) is 5.88 Å². The van der Waals surface area contributed by atoms with Crippen molar-refractivity contribution in [3.05, 3.63) is 59.7 Å². The lowest BCUT2D eigenvalue weighted by molar-refractivity contribution is -0.137. The summed E-state index contributed by atoms with van der Waals surface area (Å²) in [6, 6.07) is 12.0. The quantitative estimate of drug-likeness (QED) is 0.698. The zero-order valence-electron chi connectivity index (χ0n) is 10.5. The van der Waals surface area contributed by atoms with E-state index in [-0.39, 0.29) is 5.75 Å². The number of alkyl halides is 4. The van der Waals surface area contributed by atoms with E-state index in [1.165, 1.54) is 12.1 Å². The monoisotopic (exact) mass is 300 g/mol. The van der Waals surface area contributed by atoms with E-state index in [1.807, 2.05) is 12.1 Å². The molecule has 1 nitrogen and oxygen atoms in total. The summed E-state index contributed by atoms with van der Waals surface area (Å²) < 4.78 is 43.4. The maximum absolute atomic E-state index is 12.6. The van der Waals surface area contributed by atoms with E-state index < -0.39 is 11.7 Å². The molecular formula is C15H12ClF3O. The smallest absolute Gasteiger partial charge is 0.416 e. The summed E-state index contributed by atoms with van der Waals surface area (Å²) in [5.41, 5.74) is 0.129. The second-order valence-corrected chi connectivity index (χ2v) is 4.55. The Kier molecular flexibility index (Phi) is 4.55. The second kappa shape index (κ2) is 6.18. The van der Waals surface area contributed by atoms with E-state index in [0.29, 0.717) is 18.1 Å². The van der Waals surface area contributed by atoms with Crippen LogP contribution >= 0.6 is 11.6 Å². The summed E-state index contributed by atoms with van der Waals surface area (Å²) in [7, 11) is 0. The molecule has 0 aliphatic rings. The Bertz CT molecular complexity index is 581. The summed E-state index contributed by atoms with van der Waals surface area (Å²) in [4.78, 5) is 0. The maximum atomic E-state index is 12.6. The van der Waals surface area contributed by atoms with Gasteiger partial charge < -0.3 is 4.74 Å². The van der Waals surface area contributed by atoms with Crippen molar-refractivity contribution in [3.8, 4) is 11.5 Å². The molecule has 2 aromatic rings. The van der Waals surface area contributed by atoms with Gasteiger partial charge in [-0.25, -0.2) is 0 Å². The molecule has 0 aromatic heterocycles. The summed E-state index contributed by atoms with van der Waals surface area (Å²) in [6.07, 6.45) is -3.79. The number of hydrogen-bond donors (Lipinski definition) is 0. The first kappa shape index (κ1) is 14.7. The molecule has 0 saturated carbocycles. The fourth-order valence-electron chi connectivity index (χ4n) is 1.77. The number of halogens is 4. The first-order valence-corrected chi connectivity index (χ1v) is 6.53. The van der Waals surface area contributed by atoms with Crippen LogP contribution in [0.15, 0.2) is 48.5 Å². The third-order valence-electron chi connectivity index (χ3n) is 2.73. The molecule has 0 N–H and O–H groups in total. The Labute approximate surface area is 119 Å². The third-order valence-corrected chi connectivity index (χ3v) is 2.91. The minimum atomic E-state index is -4.38. The van der Waals surface area contributed by atoms with Crippen molar-refractivity contribution in [3.63, 3.8) is 0 Å². The van der Waals surface area contributed by atoms with Gasteiger partial charge in [0.2, 0.25) is 0 Å². The first-order valence-electron chi connectivity index (χ1n) is 5.99. The van der Waals surface area contributed by atoms with Crippen LogP contribution in [0.3, 0.4) is 0 Å². The summed E-state index contributed by atoms with van der Waals surface area (Å²) in [6.45, 7) is 0. The Morgan fingerprint density at radius 2 is 1.75 bits per heavy atom. The molecule has 0 fully saturated rings. The Hall–Kier alpha value is -1.68. The third kappa shape index (κ3) is 3.67. The zero-order valence-corrected chi connectivity index (χ0v) is 11.2. The minimum absolute atomic E-state index is 0.154. The topological polar surface area (TPSA) is 9.23 Å². The predicted molar refractivity (Wildman–Crippen MR) is 72.4 cm³/mol. The number of aryl methyl sites for hydroxylation is 1. The van der Waals surface area contributed by atoms with E-state index in [1.54, 1.807) is 12.1 Å². The summed E-state index contributed by atoms with van der Waals surface area (Å²) in [5, 5.41) is 0.